The van der Waals surface area contributed by atoms with Gasteiger partial charge in [-0.25, -0.2) is 4.98 Å². The second-order valence-electron chi connectivity index (χ2n) is 7.55. The first-order chi connectivity index (χ1) is 13.1. The minimum absolute atomic E-state index is 0.197. The fraction of sp³-hybridized carbons (Fsp3) is 0.286. The zero-order valence-electron chi connectivity index (χ0n) is 16.5. The largest absolute Gasteiger partial charge is 0.591 e. The van der Waals surface area contributed by atoms with Crippen LogP contribution in [0.15, 0.2) is 51.7 Å². The van der Waals surface area contributed by atoms with E-state index in [4.69, 9.17) is 16.6 Å². The van der Waals surface area contributed by atoms with Crippen LogP contribution in [0.3, 0.4) is 0 Å². The summed E-state index contributed by atoms with van der Waals surface area (Å²) in [5.74, 6) is 0.548. The first-order valence-electron chi connectivity index (χ1n) is 8.83. The number of nitrogens with zero attached hydrogens (tertiary/aromatic N) is 3. The molecular formula is C21H22ClN3O2S. The third-order valence-electron chi connectivity index (χ3n) is 4.31. The molecule has 7 heteroatoms. The lowest BCUT2D eigenvalue weighted by Gasteiger charge is -2.19. The number of hydrogen-bond acceptors (Lipinski definition) is 4. The van der Waals surface area contributed by atoms with Gasteiger partial charge in [0.25, 0.3) is 5.56 Å². The van der Waals surface area contributed by atoms with Crippen LogP contribution < -0.4 is 5.56 Å². The van der Waals surface area contributed by atoms with Crippen LogP contribution >= 0.6 is 11.6 Å². The van der Waals surface area contributed by atoms with Gasteiger partial charge in [-0.15, -0.1) is 0 Å². The fourth-order valence-electron chi connectivity index (χ4n) is 2.77. The van der Waals surface area contributed by atoms with Crippen LogP contribution in [0.5, 0.6) is 0 Å². The molecule has 0 radical (unpaired) electrons. The van der Waals surface area contributed by atoms with Crippen molar-refractivity contribution < 1.29 is 4.55 Å². The topological polar surface area (TPSA) is 70.3 Å². The lowest BCUT2D eigenvalue weighted by Crippen LogP contribution is -2.27. The summed E-state index contributed by atoms with van der Waals surface area (Å²) in [6.45, 7) is 7.34. The summed E-state index contributed by atoms with van der Waals surface area (Å²) < 4.78 is 17.8. The number of rotatable bonds is 3. The molecule has 0 aliphatic carbocycles. The average molecular weight is 416 g/mol. The Labute approximate surface area is 172 Å². The summed E-state index contributed by atoms with van der Waals surface area (Å²) in [5, 5.41) is 0.811. The van der Waals surface area contributed by atoms with Crippen LogP contribution in [-0.2, 0) is 18.4 Å². The molecule has 5 nitrogen and oxygen atoms in total. The number of halogens is 1. The predicted molar refractivity (Wildman–Crippen MR) is 118 cm³/mol. The van der Waals surface area contributed by atoms with Crippen molar-refractivity contribution in [2.45, 2.75) is 32.4 Å². The van der Waals surface area contributed by atoms with Crippen molar-refractivity contribution in [3.8, 4) is 11.4 Å². The Morgan fingerprint density at radius 2 is 1.86 bits per heavy atom. The Kier molecular flexibility index (Phi) is 5.66. The first kappa shape index (κ1) is 20.6. The maximum absolute atomic E-state index is 13.0. The Bertz CT molecular complexity index is 1120. The molecule has 0 aliphatic rings. The molecule has 0 unspecified atom stereocenters. The molecule has 0 fully saturated rings. The van der Waals surface area contributed by atoms with E-state index in [2.05, 4.69) is 4.40 Å². The van der Waals surface area contributed by atoms with Crippen LogP contribution in [-0.4, -0.2) is 24.6 Å². The molecule has 3 rings (SSSR count). The maximum Gasteiger partial charge on any atom is 0.261 e. The highest BCUT2D eigenvalue weighted by atomic mass is 35.5. The molecule has 0 spiro atoms. The van der Waals surface area contributed by atoms with E-state index in [1.165, 1.54) is 4.57 Å². The van der Waals surface area contributed by atoms with Crippen molar-refractivity contribution in [1.29, 1.82) is 0 Å². The van der Waals surface area contributed by atoms with Gasteiger partial charge in [0.1, 0.15) is 21.9 Å². The number of hydrogen-bond donors (Lipinski definition) is 0. The van der Waals surface area contributed by atoms with Gasteiger partial charge in [-0.05, 0) is 39.8 Å². The van der Waals surface area contributed by atoms with Crippen molar-refractivity contribution in [1.82, 2.24) is 9.55 Å². The van der Waals surface area contributed by atoms with E-state index in [9.17, 15) is 9.35 Å². The quantitative estimate of drug-likeness (QED) is 0.466. The highest BCUT2D eigenvalue weighted by molar-refractivity contribution is 7.91. The Hall–Kier alpha value is -2.15. The van der Waals surface area contributed by atoms with E-state index < -0.39 is 16.1 Å². The van der Waals surface area contributed by atoms with E-state index in [1.54, 1.807) is 26.1 Å². The molecule has 146 valence electrons. The molecule has 0 saturated heterocycles. The Morgan fingerprint density at radius 1 is 1.21 bits per heavy atom. The standard InChI is InChI=1S/C21H22ClN3O2S/c1-13(24-28(27)21(2,3)4)16-11-15(22)12-17-18(16)23-19(25(5)20(17)26)14-9-7-6-8-10-14/h6-12H,1-5H3/b24-13-/t28-/m1/s1. The molecule has 0 bridgehead atoms. The van der Waals surface area contributed by atoms with Crippen LogP contribution in [0.25, 0.3) is 22.3 Å². The van der Waals surface area contributed by atoms with Gasteiger partial charge < -0.3 is 4.55 Å². The van der Waals surface area contributed by atoms with Crippen LogP contribution in [0.2, 0.25) is 5.02 Å². The molecule has 28 heavy (non-hydrogen) atoms. The van der Waals surface area contributed by atoms with Gasteiger partial charge in [0.2, 0.25) is 0 Å². The van der Waals surface area contributed by atoms with Crippen molar-refractivity contribution in [2.24, 2.45) is 11.4 Å². The van der Waals surface area contributed by atoms with E-state index in [0.29, 0.717) is 33.0 Å². The second-order valence-corrected chi connectivity index (χ2v) is 9.90. The molecular weight excluding hydrogens is 394 g/mol. The SMILES string of the molecule is C/C(=N/[S@+]([O-])C(C)(C)C)c1cc(Cl)cc2c(=O)n(C)c(-c3ccccc3)nc12. The highest BCUT2D eigenvalue weighted by Gasteiger charge is 2.27. The molecule has 0 amide bonds. The Balaban J connectivity index is 2.31. The van der Waals surface area contributed by atoms with Gasteiger partial charge in [-0.3, -0.25) is 9.36 Å². The third-order valence-corrected chi connectivity index (χ3v) is 6.02. The summed E-state index contributed by atoms with van der Waals surface area (Å²) in [6, 6.07) is 12.8. The van der Waals surface area contributed by atoms with Gasteiger partial charge in [0, 0.05) is 23.2 Å². The fourth-order valence-corrected chi connectivity index (χ4v) is 3.61. The molecule has 0 aliphatic heterocycles. The zero-order valence-corrected chi connectivity index (χ0v) is 18.1. The minimum atomic E-state index is -1.43. The molecule has 0 N–H and O–H groups in total. The van der Waals surface area contributed by atoms with Gasteiger partial charge in [0.05, 0.1) is 16.6 Å². The van der Waals surface area contributed by atoms with Gasteiger partial charge in [-0.2, -0.15) is 0 Å². The lowest BCUT2D eigenvalue weighted by atomic mass is 10.1. The van der Waals surface area contributed by atoms with Gasteiger partial charge in [-0.1, -0.05) is 46.3 Å². The summed E-state index contributed by atoms with van der Waals surface area (Å²) in [5.41, 5.74) is 2.27. The van der Waals surface area contributed by atoms with E-state index in [0.717, 1.165) is 5.56 Å². The third kappa shape index (κ3) is 3.99. The first-order valence-corrected chi connectivity index (χ1v) is 10.3. The molecule has 1 aromatic heterocycles. The lowest BCUT2D eigenvalue weighted by molar-refractivity contribution is 0.561. The van der Waals surface area contributed by atoms with E-state index in [-0.39, 0.29) is 5.56 Å². The molecule has 1 atom stereocenters. The minimum Gasteiger partial charge on any atom is -0.591 e. The maximum atomic E-state index is 13.0. The van der Waals surface area contributed by atoms with Crippen molar-refractivity contribution in [3.05, 3.63) is 63.4 Å². The number of aromatic nitrogens is 2. The molecule has 1 heterocycles. The van der Waals surface area contributed by atoms with Crippen LogP contribution in [0.4, 0.5) is 0 Å². The summed E-state index contributed by atoms with van der Waals surface area (Å²) in [4.78, 5) is 17.8. The van der Waals surface area contributed by atoms with Gasteiger partial charge >= 0.3 is 0 Å². The van der Waals surface area contributed by atoms with Crippen molar-refractivity contribution in [2.75, 3.05) is 0 Å². The van der Waals surface area contributed by atoms with Gasteiger partial charge in [0.15, 0.2) is 0 Å². The smallest absolute Gasteiger partial charge is 0.261 e. The van der Waals surface area contributed by atoms with Crippen LogP contribution in [0, 0.1) is 0 Å². The number of benzene rings is 2. The summed E-state index contributed by atoms with van der Waals surface area (Å²) in [7, 11) is 1.69. The molecule has 2 aromatic carbocycles. The predicted octanol–water partition coefficient (Wildman–Crippen LogP) is 4.53. The molecule has 3 aromatic rings. The van der Waals surface area contributed by atoms with Crippen LogP contribution in [0.1, 0.15) is 33.3 Å². The van der Waals surface area contributed by atoms with Crippen molar-refractivity contribution in [3.63, 3.8) is 0 Å². The summed E-state index contributed by atoms with van der Waals surface area (Å²) >= 11 is 4.83. The number of fused-ring (bicyclic) bond motifs is 1. The monoisotopic (exact) mass is 415 g/mol. The molecule has 0 saturated carbocycles. The van der Waals surface area contributed by atoms with E-state index >= 15 is 0 Å². The average Bonchev–Trinajstić information content (AvgIpc) is 2.64. The van der Waals surface area contributed by atoms with E-state index in [1.807, 2.05) is 51.1 Å². The second kappa shape index (κ2) is 7.70. The highest BCUT2D eigenvalue weighted by Crippen LogP contribution is 2.26. The Morgan fingerprint density at radius 3 is 2.46 bits per heavy atom. The summed E-state index contributed by atoms with van der Waals surface area (Å²) in [6.07, 6.45) is 0. The van der Waals surface area contributed by atoms with Crippen molar-refractivity contribution >= 4 is 39.6 Å². The normalized spacial score (nSPS) is 13.8. The zero-order chi connectivity index (χ0) is 20.6.